The first-order valence-corrected chi connectivity index (χ1v) is 7.03. The maximum absolute atomic E-state index is 12.5. The summed E-state index contributed by atoms with van der Waals surface area (Å²) in [6.07, 6.45) is 0. The van der Waals surface area contributed by atoms with Crippen LogP contribution >= 0.6 is 0 Å². The van der Waals surface area contributed by atoms with E-state index in [0.717, 1.165) is 4.57 Å². The summed E-state index contributed by atoms with van der Waals surface area (Å²) in [4.78, 5) is 24.9. The molecule has 2 aromatic carbocycles. The highest BCUT2D eigenvalue weighted by Crippen LogP contribution is 2.26. The largest absolute Gasteiger partial charge is 0.491 e. The van der Waals surface area contributed by atoms with Gasteiger partial charge in [-0.2, -0.15) is 0 Å². The number of fused-ring (bicyclic) bond motifs is 2. The van der Waals surface area contributed by atoms with Crippen molar-refractivity contribution in [3.8, 4) is 11.6 Å². The van der Waals surface area contributed by atoms with Gasteiger partial charge in [0.15, 0.2) is 5.58 Å². The first-order valence-electron chi connectivity index (χ1n) is 7.03. The first kappa shape index (κ1) is 13.3. The predicted molar refractivity (Wildman–Crippen MR) is 87.3 cm³/mol. The fraction of sp³-hybridized carbons (Fsp3) is 0. The molecule has 4 aromatic rings. The molecule has 4 rings (SSSR count). The van der Waals surface area contributed by atoms with Gasteiger partial charge in [0, 0.05) is 6.07 Å². The molecule has 0 saturated carbocycles. The van der Waals surface area contributed by atoms with Crippen molar-refractivity contribution in [1.29, 1.82) is 0 Å². The summed E-state index contributed by atoms with van der Waals surface area (Å²) >= 11 is 0. The molecule has 5 heteroatoms. The molecule has 0 unspecified atom stereocenters. The Kier molecular flexibility index (Phi) is 2.81. The average molecular weight is 305 g/mol. The summed E-state index contributed by atoms with van der Waals surface area (Å²) in [5.41, 5.74) is 0.0154. The van der Waals surface area contributed by atoms with Crippen molar-refractivity contribution < 1.29 is 9.52 Å². The highest BCUT2D eigenvalue weighted by Gasteiger charge is 2.16. The monoisotopic (exact) mass is 305 g/mol. The Morgan fingerprint density at radius 2 is 1.57 bits per heavy atom. The lowest BCUT2D eigenvalue weighted by molar-refractivity contribution is 0.430. The number of nitrogens with zero attached hydrogens (tertiary/aromatic N) is 1. The molecule has 0 bridgehead atoms. The van der Waals surface area contributed by atoms with Crippen LogP contribution in [-0.4, -0.2) is 9.67 Å². The van der Waals surface area contributed by atoms with Crippen molar-refractivity contribution in [1.82, 2.24) is 4.57 Å². The van der Waals surface area contributed by atoms with E-state index < -0.39 is 5.56 Å². The lowest BCUT2D eigenvalue weighted by Crippen LogP contribution is -2.19. The predicted octanol–water partition coefficient (Wildman–Crippen LogP) is 2.80. The van der Waals surface area contributed by atoms with Gasteiger partial charge in [0.2, 0.25) is 11.3 Å². The van der Waals surface area contributed by atoms with Gasteiger partial charge in [0.25, 0.3) is 5.56 Å². The minimum Gasteiger partial charge on any atom is -0.491 e. The highest BCUT2D eigenvalue weighted by molar-refractivity contribution is 5.91. The van der Waals surface area contributed by atoms with E-state index in [4.69, 9.17) is 4.42 Å². The second kappa shape index (κ2) is 4.84. The number of aromatic hydroxyl groups is 1. The molecule has 2 heterocycles. The van der Waals surface area contributed by atoms with Gasteiger partial charge in [0.05, 0.1) is 16.5 Å². The number of pyridine rings is 1. The summed E-state index contributed by atoms with van der Waals surface area (Å²) in [7, 11) is 0. The molecule has 0 radical (unpaired) electrons. The Morgan fingerprint density at radius 3 is 2.35 bits per heavy atom. The molecule has 0 amide bonds. The zero-order valence-electron chi connectivity index (χ0n) is 11.9. The van der Waals surface area contributed by atoms with Crippen molar-refractivity contribution in [2.24, 2.45) is 0 Å². The number of aromatic nitrogens is 1. The van der Waals surface area contributed by atoms with Crippen molar-refractivity contribution in [2.75, 3.05) is 0 Å². The normalized spacial score (nSPS) is 11.1. The van der Waals surface area contributed by atoms with E-state index in [9.17, 15) is 14.7 Å². The van der Waals surface area contributed by atoms with Gasteiger partial charge >= 0.3 is 0 Å². The third-order valence-electron chi connectivity index (χ3n) is 3.75. The maximum Gasteiger partial charge on any atom is 0.258 e. The number of para-hydroxylation sites is 2. The summed E-state index contributed by atoms with van der Waals surface area (Å²) in [5, 5.41) is 10.9. The van der Waals surface area contributed by atoms with Crippen LogP contribution in [-0.2, 0) is 0 Å². The average Bonchev–Trinajstić information content (AvgIpc) is 2.57. The van der Waals surface area contributed by atoms with Gasteiger partial charge < -0.3 is 9.52 Å². The summed E-state index contributed by atoms with van der Waals surface area (Å²) in [6.45, 7) is 0. The SMILES string of the molecule is O=c1c2ccccc2oc2c(O)n(-c3ccccc3)c(=O)cc12. The van der Waals surface area contributed by atoms with Crippen LogP contribution in [0.5, 0.6) is 5.88 Å². The Hall–Kier alpha value is -3.34. The van der Waals surface area contributed by atoms with Gasteiger partial charge in [0.1, 0.15) is 5.58 Å². The Balaban J connectivity index is 2.19. The molecule has 23 heavy (non-hydrogen) atoms. The molecule has 0 spiro atoms. The Bertz CT molecular complexity index is 1160. The smallest absolute Gasteiger partial charge is 0.258 e. The van der Waals surface area contributed by atoms with Gasteiger partial charge in [-0.3, -0.25) is 9.59 Å². The standard InChI is InChI=1S/C18H11NO4/c20-15-10-13-16(21)12-8-4-5-9-14(12)23-17(13)18(22)19(15)11-6-2-1-3-7-11/h1-10,22H. The molecule has 0 saturated heterocycles. The third kappa shape index (κ3) is 1.94. The van der Waals surface area contributed by atoms with E-state index in [2.05, 4.69) is 0 Å². The summed E-state index contributed by atoms with van der Waals surface area (Å²) in [5.74, 6) is -0.387. The molecular weight excluding hydrogens is 294 g/mol. The van der Waals surface area contributed by atoms with Crippen molar-refractivity contribution in [3.63, 3.8) is 0 Å². The van der Waals surface area contributed by atoms with E-state index >= 15 is 0 Å². The lowest BCUT2D eigenvalue weighted by Gasteiger charge is -2.10. The molecular formula is C18H11NO4. The van der Waals surface area contributed by atoms with Crippen LogP contribution in [0.15, 0.2) is 74.7 Å². The van der Waals surface area contributed by atoms with E-state index in [1.165, 1.54) is 6.07 Å². The second-order valence-corrected chi connectivity index (χ2v) is 5.15. The van der Waals surface area contributed by atoms with Crippen LogP contribution in [0.3, 0.4) is 0 Å². The number of rotatable bonds is 1. The van der Waals surface area contributed by atoms with Crippen LogP contribution in [0.2, 0.25) is 0 Å². The van der Waals surface area contributed by atoms with Gasteiger partial charge in [-0.1, -0.05) is 30.3 Å². The van der Waals surface area contributed by atoms with Crippen LogP contribution in [0.4, 0.5) is 0 Å². The fourth-order valence-electron chi connectivity index (χ4n) is 2.67. The molecule has 5 nitrogen and oxygen atoms in total. The van der Waals surface area contributed by atoms with Gasteiger partial charge in [-0.05, 0) is 24.3 Å². The molecule has 112 valence electrons. The molecule has 0 aliphatic rings. The molecule has 0 fully saturated rings. The molecule has 0 atom stereocenters. The number of hydrogen-bond donors (Lipinski definition) is 1. The van der Waals surface area contributed by atoms with E-state index in [1.807, 2.05) is 0 Å². The first-order chi connectivity index (χ1) is 11.2. The quantitative estimate of drug-likeness (QED) is 0.549. The molecule has 0 aliphatic carbocycles. The summed E-state index contributed by atoms with van der Waals surface area (Å²) in [6, 6.07) is 16.6. The van der Waals surface area contributed by atoms with Crippen molar-refractivity contribution >= 4 is 21.9 Å². The molecule has 0 aliphatic heterocycles. The lowest BCUT2D eigenvalue weighted by atomic mass is 10.1. The maximum atomic E-state index is 12.5. The minimum atomic E-state index is -0.496. The molecule has 1 N–H and O–H groups in total. The topological polar surface area (TPSA) is 72.4 Å². The number of benzene rings is 2. The second-order valence-electron chi connectivity index (χ2n) is 5.15. The minimum absolute atomic E-state index is 0.00264. The fourth-order valence-corrected chi connectivity index (χ4v) is 2.67. The van der Waals surface area contributed by atoms with Crippen LogP contribution in [0.25, 0.3) is 27.6 Å². The van der Waals surface area contributed by atoms with E-state index in [0.29, 0.717) is 16.7 Å². The van der Waals surface area contributed by atoms with Gasteiger partial charge in [-0.25, -0.2) is 4.57 Å². The zero-order chi connectivity index (χ0) is 16.0. The van der Waals surface area contributed by atoms with Gasteiger partial charge in [-0.15, -0.1) is 0 Å². The van der Waals surface area contributed by atoms with E-state index in [-0.39, 0.29) is 22.3 Å². The number of hydrogen-bond acceptors (Lipinski definition) is 4. The summed E-state index contributed by atoms with van der Waals surface area (Å²) < 4.78 is 6.78. The third-order valence-corrected chi connectivity index (χ3v) is 3.75. The Morgan fingerprint density at radius 1 is 0.870 bits per heavy atom. The van der Waals surface area contributed by atoms with Crippen molar-refractivity contribution in [2.45, 2.75) is 0 Å². The van der Waals surface area contributed by atoms with Crippen LogP contribution in [0.1, 0.15) is 0 Å². The van der Waals surface area contributed by atoms with Crippen LogP contribution in [0, 0.1) is 0 Å². The van der Waals surface area contributed by atoms with Crippen molar-refractivity contribution in [3.05, 3.63) is 81.2 Å². The highest BCUT2D eigenvalue weighted by atomic mass is 16.4. The zero-order valence-corrected chi connectivity index (χ0v) is 11.9. The van der Waals surface area contributed by atoms with Crippen LogP contribution < -0.4 is 11.0 Å². The molecule has 2 aromatic heterocycles. The Labute approximate surface area is 129 Å². The van der Waals surface area contributed by atoms with E-state index in [1.54, 1.807) is 54.6 Å².